The van der Waals surface area contributed by atoms with E-state index in [4.69, 9.17) is 5.73 Å². The number of nitro benzene ring substituents is 1. The summed E-state index contributed by atoms with van der Waals surface area (Å²) in [5, 5.41) is 10.4. The quantitative estimate of drug-likeness (QED) is 0.506. The lowest BCUT2D eigenvalue weighted by molar-refractivity contribution is -0.385. The zero-order chi connectivity index (χ0) is 10.0. The van der Waals surface area contributed by atoms with Gasteiger partial charge in [-0.05, 0) is 34.7 Å². The fraction of sp³-hybridized carbons (Fsp3) is 0. The Kier molecular flexibility index (Phi) is 2.81. The van der Waals surface area contributed by atoms with Gasteiger partial charge in [0.05, 0.1) is 4.92 Å². The van der Waals surface area contributed by atoms with Gasteiger partial charge in [-0.1, -0.05) is 0 Å². The number of nitrogens with two attached hydrogens (primary N) is 1. The molecule has 1 aromatic carbocycles. The summed E-state index contributed by atoms with van der Waals surface area (Å²) in [6.07, 6.45) is 0. The van der Waals surface area contributed by atoms with Crippen LogP contribution < -0.4 is 5.73 Å². The number of rotatable bonds is 2. The summed E-state index contributed by atoms with van der Waals surface area (Å²) in [6, 6.07) is 4.20. The summed E-state index contributed by atoms with van der Waals surface area (Å²) in [4.78, 5) is 20.6. The van der Waals surface area contributed by atoms with Crippen molar-refractivity contribution in [1.82, 2.24) is 0 Å². The molecule has 0 bridgehead atoms. The van der Waals surface area contributed by atoms with Crippen LogP contribution in [0.15, 0.2) is 18.2 Å². The number of primary amides is 1. The standard InChI is InChI=1S/C7H5IN2O3/c8-4-1-2-6(10(12)13)5(3-4)7(9)11/h1-3H,(H2,9,11). The summed E-state index contributed by atoms with van der Waals surface area (Å²) in [6.45, 7) is 0. The molecule has 0 saturated carbocycles. The number of benzene rings is 1. The van der Waals surface area contributed by atoms with Gasteiger partial charge in [0, 0.05) is 9.64 Å². The number of amides is 1. The number of hydrogen-bond acceptors (Lipinski definition) is 3. The zero-order valence-electron chi connectivity index (χ0n) is 6.36. The van der Waals surface area contributed by atoms with Gasteiger partial charge >= 0.3 is 0 Å². The number of nitrogens with zero attached hydrogens (tertiary/aromatic N) is 1. The molecular formula is C7H5IN2O3. The number of hydrogen-bond donors (Lipinski definition) is 1. The van der Waals surface area contributed by atoms with Crippen LogP contribution >= 0.6 is 22.6 Å². The van der Waals surface area contributed by atoms with Crippen LogP contribution in [0.2, 0.25) is 0 Å². The first kappa shape index (κ1) is 9.90. The molecule has 1 amide bonds. The monoisotopic (exact) mass is 292 g/mol. The van der Waals surface area contributed by atoms with Gasteiger partial charge in [0.1, 0.15) is 5.56 Å². The van der Waals surface area contributed by atoms with E-state index >= 15 is 0 Å². The van der Waals surface area contributed by atoms with Gasteiger partial charge in [-0.3, -0.25) is 14.9 Å². The first-order valence-corrected chi connectivity index (χ1v) is 4.34. The van der Waals surface area contributed by atoms with Crippen molar-refractivity contribution in [3.63, 3.8) is 0 Å². The van der Waals surface area contributed by atoms with Crippen LogP contribution in [0.4, 0.5) is 5.69 Å². The SMILES string of the molecule is NC(=O)c1cc(I)ccc1[N+](=O)[O-]. The van der Waals surface area contributed by atoms with Crippen LogP contribution in [-0.4, -0.2) is 10.8 Å². The van der Waals surface area contributed by atoms with Gasteiger partial charge in [0.15, 0.2) is 0 Å². The minimum atomic E-state index is -0.787. The Balaban J connectivity index is 3.35. The van der Waals surface area contributed by atoms with Crippen molar-refractivity contribution in [2.75, 3.05) is 0 Å². The van der Waals surface area contributed by atoms with E-state index in [0.717, 1.165) is 3.57 Å². The van der Waals surface area contributed by atoms with Gasteiger partial charge in [-0.2, -0.15) is 0 Å². The Bertz CT molecular complexity index is 378. The van der Waals surface area contributed by atoms with Gasteiger partial charge in [0.2, 0.25) is 0 Å². The number of carbonyl (C=O) groups is 1. The smallest absolute Gasteiger partial charge is 0.282 e. The number of halogens is 1. The lowest BCUT2D eigenvalue weighted by Gasteiger charge is -1.98. The topological polar surface area (TPSA) is 86.2 Å². The largest absolute Gasteiger partial charge is 0.365 e. The maximum Gasteiger partial charge on any atom is 0.282 e. The average molecular weight is 292 g/mol. The van der Waals surface area contributed by atoms with E-state index in [2.05, 4.69) is 0 Å². The van der Waals surface area contributed by atoms with Crippen LogP contribution in [0, 0.1) is 13.7 Å². The molecule has 1 aromatic rings. The lowest BCUT2D eigenvalue weighted by Crippen LogP contribution is -2.13. The predicted octanol–water partition coefficient (Wildman–Crippen LogP) is 1.30. The van der Waals surface area contributed by atoms with E-state index in [1.54, 1.807) is 6.07 Å². The summed E-state index contributed by atoms with van der Waals surface area (Å²) < 4.78 is 0.733. The zero-order valence-corrected chi connectivity index (χ0v) is 8.52. The normalized spacial score (nSPS) is 9.62. The molecule has 0 heterocycles. The van der Waals surface area contributed by atoms with E-state index in [-0.39, 0.29) is 11.3 Å². The van der Waals surface area contributed by atoms with Gasteiger partial charge < -0.3 is 5.73 Å². The Morgan fingerprint density at radius 3 is 2.62 bits per heavy atom. The summed E-state index contributed by atoms with van der Waals surface area (Å²) in [7, 11) is 0. The van der Waals surface area contributed by atoms with Crippen molar-refractivity contribution in [3.8, 4) is 0 Å². The maximum absolute atomic E-state index is 10.8. The molecule has 0 fully saturated rings. The third-order valence-electron chi connectivity index (χ3n) is 1.42. The van der Waals surface area contributed by atoms with E-state index in [9.17, 15) is 14.9 Å². The highest BCUT2D eigenvalue weighted by Gasteiger charge is 2.17. The van der Waals surface area contributed by atoms with Crippen molar-refractivity contribution < 1.29 is 9.72 Å². The van der Waals surface area contributed by atoms with Crippen LogP contribution in [0.1, 0.15) is 10.4 Å². The highest BCUT2D eigenvalue weighted by atomic mass is 127. The average Bonchev–Trinajstić information content (AvgIpc) is 2.03. The first-order valence-electron chi connectivity index (χ1n) is 3.26. The van der Waals surface area contributed by atoms with Gasteiger partial charge in [-0.25, -0.2) is 0 Å². The molecule has 0 spiro atoms. The second-order valence-electron chi connectivity index (χ2n) is 2.28. The number of nitro groups is 1. The highest BCUT2D eigenvalue weighted by Crippen LogP contribution is 2.20. The summed E-state index contributed by atoms with van der Waals surface area (Å²) in [5.74, 6) is -0.787. The van der Waals surface area contributed by atoms with E-state index in [1.165, 1.54) is 12.1 Å². The second kappa shape index (κ2) is 3.69. The third kappa shape index (κ3) is 2.14. The second-order valence-corrected chi connectivity index (χ2v) is 3.53. The fourth-order valence-electron chi connectivity index (χ4n) is 0.865. The van der Waals surface area contributed by atoms with Crippen LogP contribution in [-0.2, 0) is 0 Å². The molecule has 0 aliphatic carbocycles. The van der Waals surface area contributed by atoms with Crippen molar-refractivity contribution >= 4 is 34.2 Å². The molecule has 1 rings (SSSR count). The van der Waals surface area contributed by atoms with Crippen molar-refractivity contribution in [2.24, 2.45) is 5.73 Å². The van der Waals surface area contributed by atoms with Crippen molar-refractivity contribution in [1.29, 1.82) is 0 Å². The fourth-order valence-corrected chi connectivity index (χ4v) is 1.36. The Morgan fingerprint density at radius 1 is 1.54 bits per heavy atom. The van der Waals surface area contributed by atoms with Gasteiger partial charge in [0.25, 0.3) is 11.6 Å². The summed E-state index contributed by atoms with van der Waals surface area (Å²) >= 11 is 1.95. The van der Waals surface area contributed by atoms with Crippen LogP contribution in [0.3, 0.4) is 0 Å². The molecule has 68 valence electrons. The third-order valence-corrected chi connectivity index (χ3v) is 2.09. The molecule has 13 heavy (non-hydrogen) atoms. The van der Waals surface area contributed by atoms with Gasteiger partial charge in [-0.15, -0.1) is 0 Å². The van der Waals surface area contributed by atoms with E-state index in [0.29, 0.717) is 0 Å². The molecule has 5 nitrogen and oxygen atoms in total. The summed E-state index contributed by atoms with van der Waals surface area (Å²) in [5.41, 5.74) is 4.66. The number of carbonyl (C=O) groups excluding carboxylic acids is 1. The van der Waals surface area contributed by atoms with E-state index < -0.39 is 10.8 Å². The molecular weight excluding hydrogens is 287 g/mol. The molecule has 2 N–H and O–H groups in total. The minimum absolute atomic E-state index is 0.0584. The molecule has 0 saturated heterocycles. The molecule has 0 aromatic heterocycles. The Hall–Kier alpha value is -1.18. The Labute approximate surface area is 87.2 Å². The minimum Gasteiger partial charge on any atom is -0.365 e. The lowest BCUT2D eigenvalue weighted by atomic mass is 10.2. The highest BCUT2D eigenvalue weighted by molar-refractivity contribution is 14.1. The molecule has 0 aliphatic heterocycles. The molecule has 0 unspecified atom stereocenters. The molecule has 0 radical (unpaired) electrons. The maximum atomic E-state index is 10.8. The van der Waals surface area contributed by atoms with Crippen molar-refractivity contribution in [3.05, 3.63) is 37.4 Å². The predicted molar refractivity (Wildman–Crippen MR) is 54.3 cm³/mol. The Morgan fingerprint density at radius 2 is 2.15 bits per heavy atom. The van der Waals surface area contributed by atoms with Crippen molar-refractivity contribution in [2.45, 2.75) is 0 Å². The molecule has 6 heteroatoms. The first-order chi connectivity index (χ1) is 6.02. The molecule has 0 aliphatic rings. The van der Waals surface area contributed by atoms with Crippen LogP contribution in [0.5, 0.6) is 0 Å². The molecule has 0 atom stereocenters. The van der Waals surface area contributed by atoms with E-state index in [1.807, 2.05) is 22.6 Å². The van der Waals surface area contributed by atoms with Crippen LogP contribution in [0.25, 0.3) is 0 Å².